The topological polar surface area (TPSA) is 71.4 Å². The molecule has 0 aliphatic carbocycles. The van der Waals surface area contributed by atoms with Crippen LogP contribution in [0.2, 0.25) is 0 Å². The molecule has 1 aliphatic heterocycles. The predicted octanol–water partition coefficient (Wildman–Crippen LogP) is 5.16. The van der Waals surface area contributed by atoms with Gasteiger partial charge in [0, 0.05) is 5.56 Å². The standard InChI is InChI=1S/C23H23F3O4S/c1-6-12-11-13(15-9-10-16(24)19(26)18(15)25)7-8-14(12)17-20(27)22(2,3)31(29,30)23(4,5)21(17)28/h7-11,27H,6H2,1-5H3. The third kappa shape index (κ3) is 3.11. The van der Waals surface area contributed by atoms with Crippen LogP contribution in [0.3, 0.4) is 0 Å². The molecule has 0 saturated carbocycles. The first-order chi connectivity index (χ1) is 14.2. The number of allylic oxidation sites excluding steroid dienone is 1. The smallest absolute Gasteiger partial charge is 0.195 e. The van der Waals surface area contributed by atoms with E-state index in [-0.39, 0.29) is 16.7 Å². The molecule has 0 saturated heterocycles. The van der Waals surface area contributed by atoms with Crippen molar-refractivity contribution < 1.29 is 31.5 Å². The highest BCUT2D eigenvalue weighted by Gasteiger charge is 2.58. The zero-order chi connectivity index (χ0) is 23.5. The Morgan fingerprint density at radius 1 is 0.903 bits per heavy atom. The van der Waals surface area contributed by atoms with E-state index in [1.54, 1.807) is 6.92 Å². The summed E-state index contributed by atoms with van der Waals surface area (Å²) >= 11 is 0. The molecule has 0 bridgehead atoms. The van der Waals surface area contributed by atoms with Gasteiger partial charge in [0.05, 0.1) is 5.57 Å². The normalized spacial score (nSPS) is 19.5. The highest BCUT2D eigenvalue weighted by atomic mass is 32.2. The number of aliphatic hydroxyl groups is 1. The van der Waals surface area contributed by atoms with Gasteiger partial charge in [-0.3, -0.25) is 4.79 Å². The van der Waals surface area contributed by atoms with Crippen molar-refractivity contribution in [1.29, 1.82) is 0 Å². The number of aryl methyl sites for hydroxylation is 1. The molecular formula is C23H23F3O4S. The number of carbonyl (C=O) groups is 1. The molecule has 4 nitrogen and oxygen atoms in total. The zero-order valence-electron chi connectivity index (χ0n) is 17.8. The van der Waals surface area contributed by atoms with E-state index in [0.29, 0.717) is 17.5 Å². The lowest BCUT2D eigenvalue weighted by molar-refractivity contribution is -0.115. The molecule has 1 heterocycles. The summed E-state index contributed by atoms with van der Waals surface area (Å²) in [5, 5.41) is 10.8. The fraction of sp³-hybridized carbons (Fsp3) is 0.348. The second-order valence-corrected chi connectivity index (χ2v) is 11.6. The van der Waals surface area contributed by atoms with E-state index in [0.717, 1.165) is 12.1 Å². The molecule has 1 aliphatic rings. The van der Waals surface area contributed by atoms with E-state index in [2.05, 4.69) is 0 Å². The summed E-state index contributed by atoms with van der Waals surface area (Å²) in [6.45, 7) is 7.04. The predicted molar refractivity (Wildman–Crippen MR) is 113 cm³/mol. The molecule has 31 heavy (non-hydrogen) atoms. The maximum absolute atomic E-state index is 14.3. The second-order valence-electron chi connectivity index (χ2n) is 8.53. The van der Waals surface area contributed by atoms with Gasteiger partial charge in [-0.05, 0) is 62.9 Å². The molecule has 2 aromatic rings. The van der Waals surface area contributed by atoms with Gasteiger partial charge in [0.1, 0.15) is 15.3 Å². The highest BCUT2D eigenvalue weighted by Crippen LogP contribution is 2.46. The van der Waals surface area contributed by atoms with Crippen molar-refractivity contribution in [2.45, 2.75) is 50.5 Å². The largest absolute Gasteiger partial charge is 0.510 e. The van der Waals surface area contributed by atoms with E-state index < -0.39 is 48.3 Å². The first-order valence-corrected chi connectivity index (χ1v) is 11.2. The Bertz CT molecular complexity index is 1240. The number of hydrogen-bond donors (Lipinski definition) is 1. The number of rotatable bonds is 3. The van der Waals surface area contributed by atoms with Gasteiger partial charge in [-0.1, -0.05) is 25.1 Å². The lowest BCUT2D eigenvalue weighted by atomic mass is 9.85. The van der Waals surface area contributed by atoms with Crippen molar-refractivity contribution in [2.75, 3.05) is 0 Å². The minimum atomic E-state index is -4.05. The Hall–Kier alpha value is -2.61. The van der Waals surface area contributed by atoms with Gasteiger partial charge in [-0.25, -0.2) is 21.6 Å². The minimum Gasteiger partial charge on any atom is -0.510 e. The number of carbonyl (C=O) groups excluding carboxylic acids is 1. The van der Waals surface area contributed by atoms with Crippen molar-refractivity contribution >= 4 is 21.2 Å². The van der Waals surface area contributed by atoms with E-state index in [9.17, 15) is 31.5 Å². The quantitative estimate of drug-likeness (QED) is 0.654. The number of Topliss-reactive ketones (excluding diaryl/α,β-unsaturated/α-hetero) is 1. The van der Waals surface area contributed by atoms with Crippen LogP contribution in [-0.4, -0.2) is 28.8 Å². The maximum Gasteiger partial charge on any atom is 0.195 e. The lowest BCUT2D eigenvalue weighted by Crippen LogP contribution is -2.55. The second kappa shape index (κ2) is 7.22. The van der Waals surface area contributed by atoms with Gasteiger partial charge < -0.3 is 5.11 Å². The number of ketones is 1. The Morgan fingerprint density at radius 2 is 1.48 bits per heavy atom. The Labute approximate surface area is 179 Å². The summed E-state index contributed by atoms with van der Waals surface area (Å²) in [5.41, 5.74) is 0.817. The summed E-state index contributed by atoms with van der Waals surface area (Å²) < 4.78 is 63.6. The summed E-state index contributed by atoms with van der Waals surface area (Å²) in [6, 6.07) is 6.33. The molecular weight excluding hydrogens is 429 g/mol. The van der Waals surface area contributed by atoms with Crippen molar-refractivity contribution in [3.05, 3.63) is 64.7 Å². The molecule has 0 aromatic heterocycles. The maximum atomic E-state index is 14.3. The lowest BCUT2D eigenvalue weighted by Gasteiger charge is -2.40. The van der Waals surface area contributed by atoms with E-state index >= 15 is 0 Å². The van der Waals surface area contributed by atoms with Gasteiger partial charge in [-0.15, -0.1) is 0 Å². The van der Waals surface area contributed by atoms with E-state index in [1.807, 2.05) is 0 Å². The third-order valence-electron chi connectivity index (χ3n) is 6.03. The molecule has 0 radical (unpaired) electrons. The molecule has 166 valence electrons. The minimum absolute atomic E-state index is 0.112. The number of halogens is 3. The number of aliphatic hydroxyl groups excluding tert-OH is 1. The van der Waals surface area contributed by atoms with E-state index in [4.69, 9.17) is 0 Å². The number of hydrogen-bond acceptors (Lipinski definition) is 4. The van der Waals surface area contributed by atoms with Crippen LogP contribution in [0.5, 0.6) is 0 Å². The average Bonchev–Trinajstić information content (AvgIpc) is 2.71. The van der Waals surface area contributed by atoms with Crippen molar-refractivity contribution in [2.24, 2.45) is 0 Å². The monoisotopic (exact) mass is 452 g/mol. The molecule has 8 heteroatoms. The summed E-state index contributed by atoms with van der Waals surface area (Å²) in [4.78, 5) is 13.2. The molecule has 2 aromatic carbocycles. The first-order valence-electron chi connectivity index (χ1n) is 9.70. The van der Waals surface area contributed by atoms with Crippen LogP contribution in [0.4, 0.5) is 13.2 Å². The van der Waals surface area contributed by atoms with Crippen LogP contribution in [0.15, 0.2) is 36.1 Å². The Morgan fingerprint density at radius 3 is 2.06 bits per heavy atom. The molecule has 0 amide bonds. The van der Waals surface area contributed by atoms with Gasteiger partial charge >= 0.3 is 0 Å². The fourth-order valence-electron chi connectivity index (χ4n) is 3.89. The molecule has 0 spiro atoms. The average molecular weight is 452 g/mol. The summed E-state index contributed by atoms with van der Waals surface area (Å²) in [5.74, 6) is -5.53. The molecule has 0 fully saturated rings. The van der Waals surface area contributed by atoms with Crippen molar-refractivity contribution in [3.8, 4) is 11.1 Å². The van der Waals surface area contributed by atoms with Crippen molar-refractivity contribution in [1.82, 2.24) is 0 Å². The molecule has 0 unspecified atom stereocenters. The highest BCUT2D eigenvalue weighted by molar-refractivity contribution is 7.95. The van der Waals surface area contributed by atoms with Crippen LogP contribution >= 0.6 is 0 Å². The van der Waals surface area contributed by atoms with Crippen LogP contribution in [0.25, 0.3) is 16.7 Å². The van der Waals surface area contributed by atoms with E-state index in [1.165, 1.54) is 45.9 Å². The fourth-order valence-corrected chi connectivity index (χ4v) is 5.87. The van der Waals surface area contributed by atoms with Crippen LogP contribution < -0.4 is 0 Å². The number of benzene rings is 2. The molecule has 3 rings (SSSR count). The van der Waals surface area contributed by atoms with Crippen LogP contribution in [-0.2, 0) is 21.1 Å². The van der Waals surface area contributed by atoms with Gasteiger partial charge in [0.2, 0.25) is 0 Å². The van der Waals surface area contributed by atoms with Gasteiger partial charge in [-0.2, -0.15) is 0 Å². The van der Waals surface area contributed by atoms with Gasteiger partial charge in [0.15, 0.2) is 33.1 Å². The number of sulfone groups is 1. The van der Waals surface area contributed by atoms with Crippen LogP contribution in [0, 0.1) is 17.5 Å². The Balaban J connectivity index is 2.28. The third-order valence-corrected chi connectivity index (χ3v) is 9.09. The van der Waals surface area contributed by atoms with Crippen molar-refractivity contribution in [3.63, 3.8) is 0 Å². The summed E-state index contributed by atoms with van der Waals surface area (Å²) in [6.07, 6.45) is 0.353. The van der Waals surface area contributed by atoms with Crippen LogP contribution in [0.1, 0.15) is 45.7 Å². The molecule has 0 atom stereocenters. The molecule has 1 N–H and O–H groups in total. The Kier molecular flexibility index (Phi) is 5.37. The first kappa shape index (κ1) is 23.1. The zero-order valence-corrected chi connectivity index (χ0v) is 18.6. The SMILES string of the molecule is CCc1cc(-c2ccc(F)c(F)c2F)ccc1C1=C(O)C(C)(C)S(=O)(=O)C(C)(C)C1=O. The summed E-state index contributed by atoms with van der Waals surface area (Å²) in [7, 11) is -4.05. The van der Waals surface area contributed by atoms with Gasteiger partial charge in [0.25, 0.3) is 0 Å².